The van der Waals surface area contributed by atoms with E-state index in [9.17, 15) is 13.2 Å². The largest absolute Gasteiger partial charge is 0.490 e. The number of benzene rings is 1. The van der Waals surface area contributed by atoms with Crippen LogP contribution in [0.25, 0.3) is 10.9 Å². The topological polar surface area (TPSA) is 56.7 Å². The summed E-state index contributed by atoms with van der Waals surface area (Å²) in [6.45, 7) is 4.45. The van der Waals surface area contributed by atoms with E-state index in [4.69, 9.17) is 9.90 Å². The molecule has 1 saturated heterocycles. The van der Waals surface area contributed by atoms with Gasteiger partial charge in [-0.05, 0) is 19.2 Å². The van der Waals surface area contributed by atoms with Crippen LogP contribution in [0.15, 0.2) is 36.5 Å². The van der Waals surface area contributed by atoms with E-state index < -0.39 is 12.1 Å². The molecule has 0 radical (unpaired) electrons. The fourth-order valence-electron chi connectivity index (χ4n) is 2.30. The van der Waals surface area contributed by atoms with Crippen LogP contribution in [0.4, 0.5) is 18.9 Å². The Labute approximate surface area is 137 Å². The first-order valence-electron chi connectivity index (χ1n) is 7.36. The second-order valence-corrected chi connectivity index (χ2v) is 5.48. The summed E-state index contributed by atoms with van der Waals surface area (Å²) in [4.78, 5) is 18.2. The van der Waals surface area contributed by atoms with E-state index in [0.717, 1.165) is 31.7 Å². The summed E-state index contributed by atoms with van der Waals surface area (Å²) >= 11 is 0. The van der Waals surface area contributed by atoms with Crippen molar-refractivity contribution in [3.63, 3.8) is 0 Å². The molecule has 8 heteroatoms. The van der Waals surface area contributed by atoms with E-state index in [2.05, 4.69) is 46.1 Å². The number of fused-ring (bicyclic) bond motifs is 1. The molecule has 1 N–H and O–H groups in total. The monoisotopic (exact) mass is 341 g/mol. The van der Waals surface area contributed by atoms with Gasteiger partial charge >= 0.3 is 12.1 Å². The lowest BCUT2D eigenvalue weighted by atomic mass is 10.2. The van der Waals surface area contributed by atoms with Gasteiger partial charge in [0.1, 0.15) is 0 Å². The number of para-hydroxylation sites is 1. The molecular formula is C16H18F3N3O2. The smallest absolute Gasteiger partial charge is 0.475 e. The zero-order valence-electron chi connectivity index (χ0n) is 13.1. The number of anilines is 1. The third kappa shape index (κ3) is 4.82. The Hall–Kier alpha value is -2.35. The van der Waals surface area contributed by atoms with E-state index in [0.29, 0.717) is 0 Å². The number of rotatable bonds is 1. The van der Waals surface area contributed by atoms with E-state index in [1.165, 1.54) is 11.1 Å². The SMILES string of the molecule is CN1CCN(c2cnc3ccccc3c2)CC1.O=C(O)C(F)(F)F. The fourth-order valence-corrected chi connectivity index (χ4v) is 2.30. The highest BCUT2D eigenvalue weighted by molar-refractivity contribution is 5.81. The maximum Gasteiger partial charge on any atom is 0.490 e. The molecule has 2 aromatic rings. The number of pyridine rings is 1. The van der Waals surface area contributed by atoms with E-state index >= 15 is 0 Å². The third-order valence-corrected chi connectivity index (χ3v) is 3.69. The van der Waals surface area contributed by atoms with Crippen molar-refractivity contribution in [1.29, 1.82) is 0 Å². The average molecular weight is 341 g/mol. The Morgan fingerprint density at radius 1 is 1.17 bits per heavy atom. The van der Waals surface area contributed by atoms with Crippen LogP contribution in [0.1, 0.15) is 0 Å². The molecule has 1 fully saturated rings. The molecule has 1 aliphatic rings. The number of carboxylic acid groups (broad SMARTS) is 1. The molecule has 0 saturated carbocycles. The molecule has 2 heterocycles. The second kappa shape index (κ2) is 7.48. The summed E-state index contributed by atoms with van der Waals surface area (Å²) in [7, 11) is 2.18. The summed E-state index contributed by atoms with van der Waals surface area (Å²) in [5.41, 5.74) is 2.32. The number of carboxylic acids is 1. The van der Waals surface area contributed by atoms with Gasteiger partial charge in [0, 0.05) is 31.6 Å². The predicted molar refractivity (Wildman–Crippen MR) is 85.1 cm³/mol. The van der Waals surface area contributed by atoms with Gasteiger partial charge < -0.3 is 14.9 Å². The van der Waals surface area contributed by atoms with Crippen LogP contribution in [0.5, 0.6) is 0 Å². The average Bonchev–Trinajstić information content (AvgIpc) is 2.55. The Kier molecular flexibility index (Phi) is 5.61. The molecule has 130 valence electrons. The number of piperazine rings is 1. The van der Waals surface area contributed by atoms with Gasteiger partial charge in [-0.1, -0.05) is 18.2 Å². The number of aromatic nitrogens is 1. The van der Waals surface area contributed by atoms with Crippen molar-refractivity contribution in [2.45, 2.75) is 6.18 Å². The summed E-state index contributed by atoms with van der Waals surface area (Å²) in [6, 6.07) is 10.5. The number of carbonyl (C=O) groups is 1. The van der Waals surface area contributed by atoms with E-state index in [1.807, 2.05) is 12.3 Å². The number of nitrogens with zero attached hydrogens (tertiary/aromatic N) is 3. The molecule has 0 atom stereocenters. The number of halogens is 3. The molecule has 24 heavy (non-hydrogen) atoms. The molecule has 0 spiro atoms. The van der Waals surface area contributed by atoms with Gasteiger partial charge in [-0.15, -0.1) is 0 Å². The number of alkyl halides is 3. The molecule has 3 rings (SSSR count). The van der Waals surface area contributed by atoms with Crippen molar-refractivity contribution in [2.24, 2.45) is 0 Å². The molecule has 0 aliphatic carbocycles. The van der Waals surface area contributed by atoms with Gasteiger partial charge in [-0.3, -0.25) is 4.98 Å². The fraction of sp³-hybridized carbons (Fsp3) is 0.375. The first kappa shape index (κ1) is 18.0. The van der Waals surface area contributed by atoms with Crippen molar-refractivity contribution in [3.05, 3.63) is 36.5 Å². The zero-order valence-corrected chi connectivity index (χ0v) is 13.1. The van der Waals surface area contributed by atoms with Gasteiger partial charge in [0.25, 0.3) is 0 Å². The molecule has 5 nitrogen and oxygen atoms in total. The first-order chi connectivity index (χ1) is 11.3. The standard InChI is InChI=1S/C14H17N3.C2HF3O2/c1-16-6-8-17(9-7-16)13-10-12-4-2-3-5-14(12)15-11-13;3-2(4,5)1(6)7/h2-5,10-11H,6-9H2,1H3;(H,6,7). The minimum atomic E-state index is -5.08. The van der Waals surface area contributed by atoms with Crippen molar-refractivity contribution in [3.8, 4) is 0 Å². The Bertz CT molecular complexity index is 698. The maximum atomic E-state index is 10.6. The minimum absolute atomic E-state index is 1.07. The first-order valence-corrected chi connectivity index (χ1v) is 7.36. The van der Waals surface area contributed by atoms with Crippen LogP contribution in [-0.2, 0) is 4.79 Å². The number of hydrogen-bond acceptors (Lipinski definition) is 4. The molecule has 1 aromatic heterocycles. The van der Waals surface area contributed by atoms with Crippen molar-refractivity contribution in [2.75, 3.05) is 38.1 Å². The summed E-state index contributed by atoms with van der Waals surface area (Å²) in [6.07, 6.45) is -3.09. The lowest BCUT2D eigenvalue weighted by molar-refractivity contribution is -0.192. The minimum Gasteiger partial charge on any atom is -0.475 e. The highest BCUT2D eigenvalue weighted by atomic mass is 19.4. The molecule has 1 aromatic carbocycles. The van der Waals surface area contributed by atoms with Crippen molar-refractivity contribution >= 4 is 22.6 Å². The summed E-state index contributed by atoms with van der Waals surface area (Å²) in [5.74, 6) is -2.76. The third-order valence-electron chi connectivity index (χ3n) is 3.69. The van der Waals surface area contributed by atoms with E-state index in [-0.39, 0.29) is 0 Å². The Balaban J connectivity index is 0.000000256. The number of aliphatic carboxylic acids is 1. The second-order valence-electron chi connectivity index (χ2n) is 5.48. The maximum absolute atomic E-state index is 10.6. The predicted octanol–water partition coefficient (Wildman–Crippen LogP) is 2.62. The Morgan fingerprint density at radius 3 is 2.33 bits per heavy atom. The summed E-state index contributed by atoms with van der Waals surface area (Å²) < 4.78 is 31.7. The summed E-state index contributed by atoms with van der Waals surface area (Å²) in [5, 5.41) is 8.35. The van der Waals surface area contributed by atoms with Crippen molar-refractivity contribution in [1.82, 2.24) is 9.88 Å². The van der Waals surface area contributed by atoms with Gasteiger partial charge in [0.15, 0.2) is 0 Å². The van der Waals surface area contributed by atoms with Gasteiger partial charge in [0.2, 0.25) is 0 Å². The molecular weight excluding hydrogens is 323 g/mol. The van der Waals surface area contributed by atoms with Crippen molar-refractivity contribution < 1.29 is 23.1 Å². The van der Waals surface area contributed by atoms with Crippen LogP contribution in [0.2, 0.25) is 0 Å². The highest BCUT2D eigenvalue weighted by Gasteiger charge is 2.38. The van der Waals surface area contributed by atoms with Gasteiger partial charge in [0.05, 0.1) is 17.4 Å². The molecule has 0 unspecified atom stereocenters. The number of hydrogen-bond donors (Lipinski definition) is 1. The molecule has 1 aliphatic heterocycles. The quantitative estimate of drug-likeness (QED) is 0.864. The van der Waals surface area contributed by atoms with Crippen LogP contribution >= 0.6 is 0 Å². The lowest BCUT2D eigenvalue weighted by Crippen LogP contribution is -2.44. The zero-order chi connectivity index (χ0) is 17.7. The van der Waals surface area contributed by atoms with Crippen LogP contribution in [-0.4, -0.2) is 60.4 Å². The molecule has 0 bridgehead atoms. The highest BCUT2D eigenvalue weighted by Crippen LogP contribution is 2.20. The number of likely N-dealkylation sites (N-methyl/N-ethyl adjacent to an activating group) is 1. The normalized spacial score (nSPS) is 15.8. The Morgan fingerprint density at radius 2 is 1.75 bits per heavy atom. The van der Waals surface area contributed by atoms with Crippen LogP contribution in [0.3, 0.4) is 0 Å². The van der Waals surface area contributed by atoms with Crippen LogP contribution < -0.4 is 4.90 Å². The van der Waals surface area contributed by atoms with Crippen LogP contribution in [0, 0.1) is 0 Å². The van der Waals surface area contributed by atoms with E-state index in [1.54, 1.807) is 0 Å². The molecule has 0 amide bonds. The van der Waals surface area contributed by atoms with Gasteiger partial charge in [-0.2, -0.15) is 13.2 Å². The van der Waals surface area contributed by atoms with Gasteiger partial charge in [-0.25, -0.2) is 4.79 Å². The lowest BCUT2D eigenvalue weighted by Gasteiger charge is -2.33.